The van der Waals surface area contributed by atoms with Gasteiger partial charge < -0.3 is 9.15 Å². The van der Waals surface area contributed by atoms with Crippen LogP contribution in [0.5, 0.6) is 0 Å². The van der Waals surface area contributed by atoms with Crippen molar-refractivity contribution in [1.29, 1.82) is 0 Å². The van der Waals surface area contributed by atoms with E-state index in [-0.39, 0.29) is 17.6 Å². The van der Waals surface area contributed by atoms with Gasteiger partial charge in [0.05, 0.1) is 5.39 Å². The maximum atomic E-state index is 12.1. The van der Waals surface area contributed by atoms with Crippen LogP contribution in [0.15, 0.2) is 63.8 Å². The van der Waals surface area contributed by atoms with Gasteiger partial charge in [0.25, 0.3) is 0 Å². The summed E-state index contributed by atoms with van der Waals surface area (Å²) in [5, 5.41) is 0.605. The fourth-order valence-electron chi connectivity index (χ4n) is 2.60. The predicted molar refractivity (Wildman–Crippen MR) is 80.2 cm³/mol. The smallest absolute Gasteiger partial charge is 0.193 e. The molecule has 0 amide bonds. The summed E-state index contributed by atoms with van der Waals surface area (Å²) in [6.07, 6.45) is -0.181. The first-order valence-electron chi connectivity index (χ1n) is 6.97. The quantitative estimate of drug-likeness (QED) is 0.667. The minimum atomic E-state index is -0.162. The Morgan fingerprint density at radius 2 is 1.71 bits per heavy atom. The van der Waals surface area contributed by atoms with E-state index in [1.165, 1.54) is 5.56 Å². The highest BCUT2D eigenvalue weighted by atomic mass is 16.6. The first-order chi connectivity index (χ1) is 10.2. The topological polar surface area (TPSA) is 42.7 Å². The molecule has 3 heteroatoms. The molecule has 0 aliphatic carbocycles. The van der Waals surface area contributed by atoms with Gasteiger partial charge in [-0.05, 0) is 24.6 Å². The molecule has 1 aliphatic rings. The predicted octanol–water partition coefficient (Wildman–Crippen LogP) is 3.91. The van der Waals surface area contributed by atoms with Crippen molar-refractivity contribution in [3.8, 4) is 0 Å². The number of epoxide rings is 1. The molecule has 1 aliphatic heterocycles. The summed E-state index contributed by atoms with van der Waals surface area (Å²) in [5.74, 6) is 0.601. The van der Waals surface area contributed by atoms with Crippen LogP contribution < -0.4 is 5.43 Å². The molecular weight excluding hydrogens is 264 g/mol. The van der Waals surface area contributed by atoms with Gasteiger partial charge in [-0.15, -0.1) is 0 Å². The van der Waals surface area contributed by atoms with Crippen LogP contribution >= 0.6 is 0 Å². The second-order valence-electron chi connectivity index (χ2n) is 5.40. The van der Waals surface area contributed by atoms with E-state index in [4.69, 9.17) is 9.15 Å². The molecular formula is C18H14O3. The molecule has 1 saturated heterocycles. The Labute approximate surface area is 121 Å². The molecule has 1 fully saturated rings. The summed E-state index contributed by atoms with van der Waals surface area (Å²) < 4.78 is 11.5. The lowest BCUT2D eigenvalue weighted by Gasteiger charge is -2.00. The van der Waals surface area contributed by atoms with Crippen LogP contribution in [0.25, 0.3) is 11.0 Å². The van der Waals surface area contributed by atoms with E-state index in [9.17, 15) is 4.79 Å². The maximum Gasteiger partial charge on any atom is 0.193 e. The number of benzene rings is 2. The number of ether oxygens (including phenoxy) is 1. The third kappa shape index (κ3) is 2.16. The average Bonchev–Trinajstić information content (AvgIpc) is 3.28. The van der Waals surface area contributed by atoms with Crippen LogP contribution in [-0.2, 0) is 4.74 Å². The molecule has 2 aromatic carbocycles. The Balaban J connectivity index is 1.69. The van der Waals surface area contributed by atoms with Crippen LogP contribution in [0.1, 0.15) is 29.1 Å². The van der Waals surface area contributed by atoms with Crippen LogP contribution in [0.2, 0.25) is 0 Å². The van der Waals surface area contributed by atoms with Gasteiger partial charge >= 0.3 is 0 Å². The molecule has 2 atom stereocenters. The zero-order valence-electron chi connectivity index (χ0n) is 11.6. The van der Waals surface area contributed by atoms with Gasteiger partial charge in [0.1, 0.15) is 23.6 Å². The van der Waals surface area contributed by atoms with E-state index in [0.717, 1.165) is 5.56 Å². The van der Waals surface area contributed by atoms with E-state index >= 15 is 0 Å². The summed E-state index contributed by atoms with van der Waals surface area (Å²) in [5.41, 5.74) is 2.91. The summed E-state index contributed by atoms with van der Waals surface area (Å²) in [6.45, 7) is 2.05. The fourth-order valence-corrected chi connectivity index (χ4v) is 2.60. The third-order valence-electron chi connectivity index (χ3n) is 3.83. The number of hydrogen-bond acceptors (Lipinski definition) is 3. The zero-order chi connectivity index (χ0) is 14.4. The van der Waals surface area contributed by atoms with Gasteiger partial charge in [0.15, 0.2) is 5.43 Å². The number of rotatable bonds is 2. The summed E-state index contributed by atoms with van der Waals surface area (Å²) in [7, 11) is 0. The molecule has 104 valence electrons. The van der Waals surface area contributed by atoms with Crippen molar-refractivity contribution < 1.29 is 9.15 Å². The lowest BCUT2D eigenvalue weighted by atomic mass is 10.1. The largest absolute Gasteiger partial charge is 0.458 e. The first kappa shape index (κ1) is 12.4. The zero-order valence-corrected chi connectivity index (χ0v) is 11.6. The molecule has 1 aromatic heterocycles. The van der Waals surface area contributed by atoms with E-state index in [1.807, 2.05) is 18.2 Å². The van der Waals surface area contributed by atoms with E-state index in [2.05, 4.69) is 31.2 Å². The number of para-hydroxylation sites is 1. The van der Waals surface area contributed by atoms with Gasteiger partial charge in [-0.3, -0.25) is 4.79 Å². The minimum Gasteiger partial charge on any atom is -0.458 e. The summed E-state index contributed by atoms with van der Waals surface area (Å²) in [4.78, 5) is 12.1. The highest BCUT2D eigenvalue weighted by Gasteiger charge is 2.43. The SMILES string of the molecule is Cc1ccc([C@@H]2O[C@H]2c2cc(=O)c3ccccc3o2)cc1. The van der Waals surface area contributed by atoms with Crippen LogP contribution in [-0.4, -0.2) is 0 Å². The molecule has 0 N–H and O–H groups in total. The molecule has 4 rings (SSSR count). The minimum absolute atomic E-state index is 0.0186. The second-order valence-corrected chi connectivity index (χ2v) is 5.40. The maximum absolute atomic E-state index is 12.1. The highest BCUT2D eigenvalue weighted by molar-refractivity contribution is 5.76. The average molecular weight is 278 g/mol. The van der Waals surface area contributed by atoms with Crippen molar-refractivity contribution >= 4 is 11.0 Å². The van der Waals surface area contributed by atoms with Gasteiger partial charge in [-0.2, -0.15) is 0 Å². The number of aryl methyl sites for hydroxylation is 1. The molecule has 0 radical (unpaired) electrons. The Kier molecular flexibility index (Phi) is 2.69. The van der Waals surface area contributed by atoms with Crippen LogP contribution in [0.3, 0.4) is 0 Å². The Bertz CT molecular complexity index is 862. The Hall–Kier alpha value is -2.39. The third-order valence-corrected chi connectivity index (χ3v) is 3.83. The molecule has 3 nitrogen and oxygen atoms in total. The van der Waals surface area contributed by atoms with E-state index < -0.39 is 0 Å². The second kappa shape index (κ2) is 4.57. The molecule has 0 unspecified atom stereocenters. The van der Waals surface area contributed by atoms with Gasteiger partial charge in [0, 0.05) is 6.07 Å². The normalized spacial score (nSPS) is 20.6. The van der Waals surface area contributed by atoms with Crippen molar-refractivity contribution in [2.75, 3.05) is 0 Å². The van der Waals surface area contributed by atoms with Gasteiger partial charge in [-0.1, -0.05) is 42.0 Å². The van der Waals surface area contributed by atoms with Crippen LogP contribution in [0, 0.1) is 6.92 Å². The molecule has 2 heterocycles. The van der Waals surface area contributed by atoms with Gasteiger partial charge in [0.2, 0.25) is 0 Å². The van der Waals surface area contributed by atoms with Crippen molar-refractivity contribution in [2.24, 2.45) is 0 Å². The lowest BCUT2D eigenvalue weighted by molar-refractivity contribution is 0.352. The molecule has 0 bridgehead atoms. The fraction of sp³-hybridized carbons (Fsp3) is 0.167. The van der Waals surface area contributed by atoms with Crippen molar-refractivity contribution in [3.63, 3.8) is 0 Å². The summed E-state index contributed by atoms with van der Waals surface area (Å²) >= 11 is 0. The Morgan fingerprint density at radius 3 is 2.52 bits per heavy atom. The molecule has 3 aromatic rings. The molecule has 0 spiro atoms. The first-order valence-corrected chi connectivity index (χ1v) is 6.97. The van der Waals surface area contributed by atoms with Crippen molar-refractivity contribution in [3.05, 3.63) is 81.7 Å². The van der Waals surface area contributed by atoms with Gasteiger partial charge in [-0.25, -0.2) is 0 Å². The Morgan fingerprint density at radius 1 is 0.952 bits per heavy atom. The van der Waals surface area contributed by atoms with Crippen LogP contribution in [0.4, 0.5) is 0 Å². The standard InChI is InChI=1S/C18H14O3/c1-11-6-8-12(9-7-11)17-18(21-17)16-10-14(19)13-4-2-3-5-15(13)20-16/h2-10,17-18H,1H3/t17-,18-/m0/s1. The van der Waals surface area contributed by atoms with Crippen molar-refractivity contribution in [1.82, 2.24) is 0 Å². The highest BCUT2D eigenvalue weighted by Crippen LogP contribution is 2.50. The van der Waals surface area contributed by atoms with E-state index in [1.54, 1.807) is 12.1 Å². The summed E-state index contributed by atoms with van der Waals surface area (Å²) in [6, 6.07) is 17.1. The monoisotopic (exact) mass is 278 g/mol. The lowest BCUT2D eigenvalue weighted by Crippen LogP contribution is -2.01. The van der Waals surface area contributed by atoms with E-state index in [0.29, 0.717) is 16.7 Å². The number of hydrogen-bond donors (Lipinski definition) is 0. The van der Waals surface area contributed by atoms with Crippen molar-refractivity contribution in [2.45, 2.75) is 19.1 Å². The number of fused-ring (bicyclic) bond motifs is 1. The molecule has 21 heavy (non-hydrogen) atoms. The molecule has 0 saturated carbocycles.